The molecule has 8 rings (SSSR count). The van der Waals surface area contributed by atoms with Gasteiger partial charge >= 0.3 is 0 Å². The van der Waals surface area contributed by atoms with Gasteiger partial charge in [0, 0.05) is 57.8 Å². The highest BCUT2D eigenvalue weighted by molar-refractivity contribution is 6.09. The molecule has 290 valence electrons. The quantitative estimate of drug-likeness (QED) is 0.155. The number of anilines is 2. The molecule has 0 unspecified atom stereocenters. The van der Waals surface area contributed by atoms with E-state index in [2.05, 4.69) is 205 Å². The Balaban J connectivity index is 1.10. The average molecular weight is 753 g/mol. The fourth-order valence-corrected chi connectivity index (χ4v) is 8.28. The van der Waals surface area contributed by atoms with Crippen molar-refractivity contribution in [2.75, 3.05) is 16.5 Å². The van der Waals surface area contributed by atoms with E-state index < -0.39 is 0 Å². The zero-order valence-corrected chi connectivity index (χ0v) is 35.3. The minimum absolute atomic E-state index is 0.00656. The highest BCUT2D eigenvalue weighted by atomic mass is 16.5. The van der Waals surface area contributed by atoms with Crippen molar-refractivity contribution in [3.63, 3.8) is 0 Å². The molecule has 3 heterocycles. The summed E-state index contributed by atoms with van der Waals surface area (Å²) in [6.45, 7) is 23.5. The van der Waals surface area contributed by atoms with Crippen LogP contribution < -0.4 is 14.5 Å². The van der Waals surface area contributed by atoms with Crippen molar-refractivity contribution in [3.8, 4) is 28.4 Å². The summed E-state index contributed by atoms with van der Waals surface area (Å²) < 4.78 is 8.96. The number of aromatic nitrogens is 2. The number of allylic oxidation sites excluding steroid dienone is 1. The average Bonchev–Trinajstić information content (AvgIpc) is 3.78. The summed E-state index contributed by atoms with van der Waals surface area (Å²) in [5.74, 6) is 3.38. The molecule has 0 fully saturated rings. The molecule has 0 N–H and O–H groups in total. The van der Waals surface area contributed by atoms with Crippen molar-refractivity contribution in [2.45, 2.75) is 86.5 Å². The lowest BCUT2D eigenvalue weighted by molar-refractivity contribution is 0.481. The molecule has 0 saturated heterocycles. The lowest BCUT2D eigenvalue weighted by Crippen LogP contribution is -2.30. The molecule has 57 heavy (non-hydrogen) atoms. The van der Waals surface area contributed by atoms with Crippen LogP contribution in [0.3, 0.4) is 0 Å². The summed E-state index contributed by atoms with van der Waals surface area (Å²) in [7, 11) is 0. The summed E-state index contributed by atoms with van der Waals surface area (Å²) in [6.07, 6.45) is 4.24. The van der Waals surface area contributed by atoms with E-state index in [0.29, 0.717) is 18.5 Å². The molecule has 0 spiro atoms. The fraction of sp³-hybridized carbons (Fsp3) is 0.288. The third-order valence-electron chi connectivity index (χ3n) is 11.3. The summed E-state index contributed by atoms with van der Waals surface area (Å²) >= 11 is 0. The summed E-state index contributed by atoms with van der Waals surface area (Å²) in [4.78, 5) is 9.65. The van der Waals surface area contributed by atoms with Crippen LogP contribution in [0.5, 0.6) is 11.5 Å². The van der Waals surface area contributed by atoms with Gasteiger partial charge in [0.05, 0.1) is 17.7 Å². The van der Waals surface area contributed by atoms with Crippen LogP contribution in [0, 0.1) is 5.41 Å². The first kappa shape index (κ1) is 38.1. The number of ether oxygens (including phenoxy) is 1. The van der Waals surface area contributed by atoms with Gasteiger partial charge in [0.1, 0.15) is 17.3 Å². The molecule has 7 aromatic rings. The maximum absolute atomic E-state index is 6.70. The number of rotatable bonds is 8. The molecule has 0 aliphatic carbocycles. The van der Waals surface area contributed by atoms with Gasteiger partial charge in [-0.25, -0.2) is 4.98 Å². The van der Waals surface area contributed by atoms with Gasteiger partial charge in [-0.15, -0.1) is 0 Å². The van der Waals surface area contributed by atoms with Crippen molar-refractivity contribution in [1.29, 1.82) is 0 Å². The number of hydrogen-bond donors (Lipinski definition) is 0. The van der Waals surface area contributed by atoms with Crippen molar-refractivity contribution < 1.29 is 4.74 Å². The first-order valence-electron chi connectivity index (χ1n) is 20.4. The molecular formula is C52H56N4O. The highest BCUT2D eigenvalue weighted by Gasteiger charge is 2.32. The second-order valence-corrected chi connectivity index (χ2v) is 18.3. The Bertz CT molecular complexity index is 2590. The molecule has 0 radical (unpaired) electrons. The lowest BCUT2D eigenvalue weighted by atomic mass is 9.85. The van der Waals surface area contributed by atoms with Gasteiger partial charge in [-0.2, -0.15) is 0 Å². The van der Waals surface area contributed by atoms with Crippen molar-refractivity contribution >= 4 is 33.2 Å². The van der Waals surface area contributed by atoms with Crippen molar-refractivity contribution in [2.24, 2.45) is 5.41 Å². The van der Waals surface area contributed by atoms with Crippen LogP contribution in [0.4, 0.5) is 11.4 Å². The minimum atomic E-state index is -0.0787. The van der Waals surface area contributed by atoms with Crippen LogP contribution >= 0.6 is 0 Å². The summed E-state index contributed by atoms with van der Waals surface area (Å²) in [5.41, 5.74) is 12.4. The summed E-state index contributed by atoms with van der Waals surface area (Å²) in [6, 6.07) is 43.7. The molecule has 5 heteroatoms. The second kappa shape index (κ2) is 14.6. The van der Waals surface area contributed by atoms with E-state index in [-0.39, 0.29) is 10.8 Å². The third-order valence-corrected chi connectivity index (χ3v) is 11.3. The molecule has 0 bridgehead atoms. The van der Waals surface area contributed by atoms with Gasteiger partial charge in [-0.1, -0.05) is 124 Å². The maximum atomic E-state index is 6.70. The molecule has 0 amide bonds. The molecule has 1 aliphatic rings. The van der Waals surface area contributed by atoms with E-state index >= 15 is 0 Å². The highest BCUT2D eigenvalue weighted by Crippen LogP contribution is 2.42. The number of para-hydroxylation sites is 1. The van der Waals surface area contributed by atoms with E-state index in [1.165, 1.54) is 50.0 Å². The van der Waals surface area contributed by atoms with Crippen LogP contribution in [0.1, 0.15) is 97.8 Å². The molecule has 0 saturated carbocycles. The number of nitrogens with zero attached hydrogens (tertiary/aromatic N) is 4. The largest absolute Gasteiger partial charge is 0.457 e. The van der Waals surface area contributed by atoms with Crippen LogP contribution in [0.15, 0.2) is 139 Å². The molecular weight excluding hydrogens is 697 g/mol. The van der Waals surface area contributed by atoms with E-state index in [0.717, 1.165) is 34.0 Å². The van der Waals surface area contributed by atoms with Gasteiger partial charge in [0.15, 0.2) is 0 Å². The molecule has 5 nitrogen and oxygen atoms in total. The van der Waals surface area contributed by atoms with E-state index in [4.69, 9.17) is 9.72 Å². The monoisotopic (exact) mass is 752 g/mol. The maximum Gasteiger partial charge on any atom is 0.137 e. The number of pyridine rings is 1. The van der Waals surface area contributed by atoms with Gasteiger partial charge in [-0.3, -0.25) is 4.57 Å². The standard InChI is InChI=1S/C52H56N4O/c1-34(2)42-18-14-19-43(35(3)4)50(42)36-21-23-38(24-22-36)54-32-48(52(8,9)10)55(33-54)39-15-13-16-40(30-39)57-41-25-26-45-44-17-11-12-20-46(44)56(47(45)31-41)49-29-37(27-28-53-49)51(5,6)7/h11-32,34-35H,33H2,1-10H3. The molecule has 1 aliphatic heterocycles. The topological polar surface area (TPSA) is 33.5 Å². The zero-order valence-electron chi connectivity index (χ0n) is 35.3. The molecule has 2 aromatic heterocycles. The smallest absolute Gasteiger partial charge is 0.137 e. The van der Waals surface area contributed by atoms with Gasteiger partial charge < -0.3 is 14.5 Å². The van der Waals surface area contributed by atoms with Gasteiger partial charge in [0.2, 0.25) is 0 Å². The fourth-order valence-electron chi connectivity index (χ4n) is 8.28. The summed E-state index contributed by atoms with van der Waals surface area (Å²) in [5, 5.41) is 2.36. The van der Waals surface area contributed by atoms with Gasteiger partial charge in [0.25, 0.3) is 0 Å². The number of hydrogen-bond acceptors (Lipinski definition) is 4. The first-order chi connectivity index (χ1) is 27.2. The van der Waals surface area contributed by atoms with Crippen LogP contribution in [-0.2, 0) is 5.41 Å². The Morgan fingerprint density at radius 1 is 0.596 bits per heavy atom. The SMILES string of the molecule is CC(C)c1cccc(C(C)C)c1-c1ccc(N2C=C(C(C)(C)C)N(c3cccc(Oc4ccc5c6ccccc6n(-c6cc(C(C)(C)C)ccn6)c5c4)c3)C2)cc1. The van der Waals surface area contributed by atoms with Crippen LogP contribution in [0.2, 0.25) is 0 Å². The third kappa shape index (κ3) is 7.32. The number of benzene rings is 5. The van der Waals surface area contributed by atoms with Crippen LogP contribution in [-0.4, -0.2) is 16.2 Å². The van der Waals surface area contributed by atoms with E-state index in [1.54, 1.807) is 0 Å². The molecule has 0 atom stereocenters. The Kier molecular flexibility index (Phi) is 9.76. The normalized spacial score (nSPS) is 13.7. The number of fused-ring (bicyclic) bond motifs is 3. The Labute approximate surface area is 339 Å². The second-order valence-electron chi connectivity index (χ2n) is 18.3. The molecule has 5 aromatic carbocycles. The van der Waals surface area contributed by atoms with E-state index in [9.17, 15) is 0 Å². The van der Waals surface area contributed by atoms with Gasteiger partial charge in [-0.05, 0) is 99.7 Å². The zero-order chi connectivity index (χ0) is 40.2. The van der Waals surface area contributed by atoms with Crippen molar-refractivity contribution in [3.05, 3.63) is 156 Å². The van der Waals surface area contributed by atoms with Crippen LogP contribution in [0.25, 0.3) is 38.8 Å². The van der Waals surface area contributed by atoms with Crippen molar-refractivity contribution in [1.82, 2.24) is 9.55 Å². The lowest BCUT2D eigenvalue weighted by Gasteiger charge is -2.31. The predicted molar refractivity (Wildman–Crippen MR) is 241 cm³/mol. The minimum Gasteiger partial charge on any atom is -0.457 e. The Morgan fingerprint density at radius 3 is 1.95 bits per heavy atom. The first-order valence-corrected chi connectivity index (χ1v) is 20.4. The Morgan fingerprint density at radius 2 is 1.26 bits per heavy atom. The Hall–Kier alpha value is -5.81. The van der Waals surface area contributed by atoms with E-state index in [1.807, 2.05) is 12.3 Å². The predicted octanol–water partition coefficient (Wildman–Crippen LogP) is 14.4.